The molecular formula is C20H30O3. The van der Waals surface area contributed by atoms with Gasteiger partial charge in [-0.05, 0) is 86.0 Å². The smallest absolute Gasteiger partial charge is 0.155 e. The maximum Gasteiger partial charge on any atom is 0.155 e. The molecule has 0 spiro atoms. The zero-order chi connectivity index (χ0) is 16.2. The first-order chi connectivity index (χ1) is 11.0. The number of aliphatic hydroxyl groups is 2. The molecule has 2 N–H and O–H groups in total. The number of carbonyl (C=O) groups is 1. The van der Waals surface area contributed by atoms with Gasteiger partial charge >= 0.3 is 0 Å². The van der Waals surface area contributed by atoms with Crippen LogP contribution < -0.4 is 0 Å². The molecule has 0 aliphatic heterocycles. The van der Waals surface area contributed by atoms with Gasteiger partial charge in [0.2, 0.25) is 0 Å². The van der Waals surface area contributed by atoms with Crippen LogP contribution in [-0.2, 0) is 4.79 Å². The zero-order valence-corrected chi connectivity index (χ0v) is 14.3. The molecule has 23 heavy (non-hydrogen) atoms. The van der Waals surface area contributed by atoms with Gasteiger partial charge < -0.3 is 10.2 Å². The Bertz CT molecular complexity index is 539. The molecule has 3 fully saturated rings. The van der Waals surface area contributed by atoms with E-state index < -0.39 is 0 Å². The average Bonchev–Trinajstić information content (AvgIpc) is 2.84. The molecule has 1 unspecified atom stereocenters. The van der Waals surface area contributed by atoms with Crippen LogP contribution in [-0.4, -0.2) is 28.7 Å². The van der Waals surface area contributed by atoms with E-state index in [9.17, 15) is 15.0 Å². The molecular weight excluding hydrogens is 288 g/mol. The molecule has 3 nitrogen and oxygen atoms in total. The van der Waals surface area contributed by atoms with Crippen molar-refractivity contribution in [2.45, 2.75) is 70.8 Å². The summed E-state index contributed by atoms with van der Waals surface area (Å²) in [6.07, 6.45) is 10.8. The summed E-state index contributed by atoms with van der Waals surface area (Å²) in [6.45, 7) is 2.53. The van der Waals surface area contributed by atoms with E-state index in [4.69, 9.17) is 0 Å². The van der Waals surface area contributed by atoms with Gasteiger partial charge in [0.05, 0.1) is 6.10 Å². The Kier molecular flexibility index (Phi) is 3.73. The highest BCUT2D eigenvalue weighted by Crippen LogP contribution is 2.66. The monoisotopic (exact) mass is 318 g/mol. The number of rotatable bonds is 2. The number of carbonyl (C=O) groups excluding carboxylic acids is 1. The van der Waals surface area contributed by atoms with Crippen molar-refractivity contribution in [2.24, 2.45) is 28.6 Å². The number of allylic oxidation sites excluding steroid dienone is 1. The van der Waals surface area contributed by atoms with Gasteiger partial charge in [-0.15, -0.1) is 0 Å². The van der Waals surface area contributed by atoms with Gasteiger partial charge in [0.1, 0.15) is 0 Å². The summed E-state index contributed by atoms with van der Waals surface area (Å²) in [5.41, 5.74) is 1.51. The second kappa shape index (κ2) is 5.42. The molecule has 3 heteroatoms. The van der Waals surface area contributed by atoms with Crippen LogP contribution in [0.2, 0.25) is 0 Å². The highest BCUT2D eigenvalue weighted by Gasteiger charge is 2.59. The maximum atomic E-state index is 11.9. The minimum absolute atomic E-state index is 0.0699. The lowest BCUT2D eigenvalue weighted by Gasteiger charge is -2.58. The third-order valence-corrected chi connectivity index (χ3v) is 8.19. The second-order valence-corrected chi connectivity index (χ2v) is 8.82. The predicted octanol–water partition coefficient (Wildman–Crippen LogP) is 3.24. The van der Waals surface area contributed by atoms with Crippen molar-refractivity contribution in [3.05, 3.63) is 11.6 Å². The first-order valence-corrected chi connectivity index (χ1v) is 9.54. The number of ketones is 1. The third kappa shape index (κ3) is 2.12. The average molecular weight is 318 g/mol. The van der Waals surface area contributed by atoms with Gasteiger partial charge in [0.25, 0.3) is 0 Å². The van der Waals surface area contributed by atoms with Crippen LogP contribution >= 0.6 is 0 Å². The Morgan fingerprint density at radius 2 is 1.96 bits per heavy atom. The maximum absolute atomic E-state index is 11.9. The Morgan fingerprint density at radius 3 is 2.74 bits per heavy atom. The number of hydrogen-bond acceptors (Lipinski definition) is 3. The molecule has 0 aromatic rings. The molecule has 0 aromatic heterocycles. The van der Waals surface area contributed by atoms with Crippen molar-refractivity contribution >= 4 is 5.78 Å². The van der Waals surface area contributed by atoms with E-state index in [0.717, 1.165) is 44.9 Å². The van der Waals surface area contributed by atoms with Crippen LogP contribution in [0.15, 0.2) is 11.6 Å². The summed E-state index contributed by atoms with van der Waals surface area (Å²) in [7, 11) is 0. The molecule has 128 valence electrons. The molecule has 0 heterocycles. The van der Waals surface area contributed by atoms with E-state index in [-0.39, 0.29) is 29.3 Å². The van der Waals surface area contributed by atoms with E-state index in [2.05, 4.69) is 6.92 Å². The molecule has 0 saturated heterocycles. The van der Waals surface area contributed by atoms with Crippen molar-refractivity contribution in [3.63, 3.8) is 0 Å². The van der Waals surface area contributed by atoms with Crippen molar-refractivity contribution in [2.75, 3.05) is 6.61 Å². The summed E-state index contributed by atoms with van der Waals surface area (Å²) < 4.78 is 0. The van der Waals surface area contributed by atoms with Gasteiger partial charge in [0, 0.05) is 13.0 Å². The summed E-state index contributed by atoms with van der Waals surface area (Å²) in [6, 6.07) is 0. The topological polar surface area (TPSA) is 57.5 Å². The van der Waals surface area contributed by atoms with Gasteiger partial charge in [-0.2, -0.15) is 0 Å². The van der Waals surface area contributed by atoms with E-state index in [1.807, 2.05) is 6.08 Å². The molecule has 4 aliphatic carbocycles. The molecule has 0 radical (unpaired) electrons. The highest BCUT2D eigenvalue weighted by molar-refractivity contribution is 5.91. The fourth-order valence-corrected chi connectivity index (χ4v) is 7.00. The number of hydrogen-bond donors (Lipinski definition) is 2. The first-order valence-electron chi connectivity index (χ1n) is 9.54. The lowest BCUT2D eigenvalue weighted by Crippen LogP contribution is -2.52. The van der Waals surface area contributed by atoms with Crippen LogP contribution in [0.4, 0.5) is 0 Å². The largest absolute Gasteiger partial charge is 0.396 e. The molecule has 3 saturated carbocycles. The third-order valence-electron chi connectivity index (χ3n) is 8.19. The van der Waals surface area contributed by atoms with Crippen LogP contribution in [0.5, 0.6) is 0 Å². The van der Waals surface area contributed by atoms with Crippen LogP contribution in [0.25, 0.3) is 0 Å². The van der Waals surface area contributed by atoms with Gasteiger partial charge in [-0.25, -0.2) is 0 Å². The second-order valence-electron chi connectivity index (χ2n) is 8.82. The molecule has 4 rings (SSSR count). The summed E-state index contributed by atoms with van der Waals surface area (Å²) in [5.74, 6) is 2.18. The minimum Gasteiger partial charge on any atom is -0.396 e. The lowest BCUT2D eigenvalue weighted by molar-refractivity contribution is -0.119. The van der Waals surface area contributed by atoms with Crippen LogP contribution in [0.1, 0.15) is 64.7 Å². The van der Waals surface area contributed by atoms with Crippen molar-refractivity contribution < 1.29 is 15.0 Å². The number of fused-ring (bicyclic) bond motifs is 5. The molecule has 0 bridgehead atoms. The van der Waals surface area contributed by atoms with Gasteiger partial charge in [-0.3, -0.25) is 4.79 Å². The quantitative estimate of drug-likeness (QED) is 0.822. The van der Waals surface area contributed by atoms with Crippen molar-refractivity contribution in [3.8, 4) is 0 Å². The van der Waals surface area contributed by atoms with Gasteiger partial charge in [0.15, 0.2) is 5.78 Å². The van der Waals surface area contributed by atoms with E-state index in [1.54, 1.807) is 0 Å². The summed E-state index contributed by atoms with van der Waals surface area (Å²) >= 11 is 0. The van der Waals surface area contributed by atoms with E-state index in [0.29, 0.717) is 24.2 Å². The van der Waals surface area contributed by atoms with Crippen LogP contribution in [0.3, 0.4) is 0 Å². The molecule has 0 aromatic carbocycles. The summed E-state index contributed by atoms with van der Waals surface area (Å²) in [5, 5.41) is 20.2. The Hall–Kier alpha value is -0.670. The Balaban J connectivity index is 1.71. The molecule has 0 amide bonds. The molecule has 4 aliphatic rings. The van der Waals surface area contributed by atoms with Gasteiger partial charge in [-0.1, -0.05) is 12.5 Å². The SMILES string of the molecule is C[C@]12CC[C@H]3[C@@H](CCC4=CC(=O)CCC43CCO)[C@@H]1CC[C@@H]2O. The standard InChI is InChI=1S/C20H30O3/c1-19-8-7-17-15(16(19)4-5-18(19)23)3-2-13-12-14(22)6-9-20(13,17)10-11-21/h12,15-18,21,23H,2-11H2,1H3/t15-,16-,17-,18-,19-,20?/m0/s1. The fourth-order valence-electron chi connectivity index (χ4n) is 7.00. The normalized spacial score (nSPS) is 49.2. The Morgan fingerprint density at radius 1 is 1.13 bits per heavy atom. The van der Waals surface area contributed by atoms with Crippen molar-refractivity contribution in [1.82, 2.24) is 0 Å². The van der Waals surface area contributed by atoms with E-state index >= 15 is 0 Å². The summed E-state index contributed by atoms with van der Waals surface area (Å²) in [4.78, 5) is 11.9. The Labute approximate surface area is 139 Å². The van der Waals surface area contributed by atoms with Crippen molar-refractivity contribution in [1.29, 1.82) is 0 Å². The zero-order valence-electron chi connectivity index (χ0n) is 14.3. The van der Waals surface area contributed by atoms with E-state index in [1.165, 1.54) is 12.0 Å². The minimum atomic E-state index is -0.132. The number of aliphatic hydroxyl groups excluding tert-OH is 2. The fraction of sp³-hybridized carbons (Fsp3) is 0.850. The predicted molar refractivity (Wildman–Crippen MR) is 88.7 cm³/mol. The first kappa shape index (κ1) is 15.8. The lowest BCUT2D eigenvalue weighted by atomic mass is 9.46. The highest BCUT2D eigenvalue weighted by atomic mass is 16.3. The van der Waals surface area contributed by atoms with Crippen LogP contribution in [0, 0.1) is 28.6 Å². The molecule has 6 atom stereocenters.